The zero-order chi connectivity index (χ0) is 14.7. The second-order valence-corrected chi connectivity index (χ2v) is 5.52. The molecule has 5 heteroatoms. The summed E-state index contributed by atoms with van der Waals surface area (Å²) in [4.78, 5) is 16.4. The molecule has 5 nitrogen and oxygen atoms in total. The monoisotopic (exact) mass is 277 g/mol. The lowest BCUT2D eigenvalue weighted by molar-refractivity contribution is 0.0378. The van der Waals surface area contributed by atoms with Crippen LogP contribution in [0.5, 0.6) is 0 Å². The van der Waals surface area contributed by atoms with E-state index >= 15 is 0 Å². The molecule has 1 heterocycles. The van der Waals surface area contributed by atoms with Gasteiger partial charge in [0, 0.05) is 26.2 Å². The summed E-state index contributed by atoms with van der Waals surface area (Å²) >= 11 is 0. The van der Waals surface area contributed by atoms with Gasteiger partial charge in [-0.3, -0.25) is 0 Å². The summed E-state index contributed by atoms with van der Waals surface area (Å²) in [7, 11) is 2.12. The maximum absolute atomic E-state index is 11.8. The first-order valence-corrected chi connectivity index (χ1v) is 7.01. The molecule has 1 aromatic rings. The molecule has 1 aromatic carbocycles. The van der Waals surface area contributed by atoms with Crippen LogP contribution in [-0.4, -0.2) is 50.2 Å². The number of hydrogen-bond donors (Lipinski definition) is 1. The van der Waals surface area contributed by atoms with Gasteiger partial charge in [-0.2, -0.15) is 0 Å². The molecular formula is C15H23N3O2. The van der Waals surface area contributed by atoms with Gasteiger partial charge in [-0.05, 0) is 39.1 Å². The highest BCUT2D eigenvalue weighted by Crippen LogP contribution is 2.25. The number of nitrogens with zero attached hydrogens (tertiary/aromatic N) is 2. The molecule has 0 saturated carbocycles. The molecule has 0 spiro atoms. The number of piperazine rings is 1. The van der Waals surface area contributed by atoms with E-state index in [0.29, 0.717) is 11.3 Å². The summed E-state index contributed by atoms with van der Waals surface area (Å²) in [5.41, 5.74) is 8.23. The van der Waals surface area contributed by atoms with Crippen molar-refractivity contribution in [1.82, 2.24) is 4.90 Å². The van der Waals surface area contributed by atoms with E-state index in [1.807, 2.05) is 19.9 Å². The molecule has 2 rings (SSSR count). The molecule has 1 aliphatic heterocycles. The minimum Gasteiger partial charge on any atom is -0.459 e. The van der Waals surface area contributed by atoms with Crippen molar-refractivity contribution >= 4 is 17.3 Å². The zero-order valence-corrected chi connectivity index (χ0v) is 12.4. The largest absolute Gasteiger partial charge is 0.459 e. The average Bonchev–Trinajstić information content (AvgIpc) is 2.39. The molecule has 0 aliphatic carbocycles. The van der Waals surface area contributed by atoms with Gasteiger partial charge < -0.3 is 20.3 Å². The van der Waals surface area contributed by atoms with Crippen LogP contribution in [0.2, 0.25) is 0 Å². The third-order valence-electron chi connectivity index (χ3n) is 3.45. The number of nitrogens with two attached hydrogens (primary N) is 1. The van der Waals surface area contributed by atoms with Gasteiger partial charge in [-0.1, -0.05) is 0 Å². The highest BCUT2D eigenvalue weighted by Gasteiger charge is 2.18. The van der Waals surface area contributed by atoms with Crippen molar-refractivity contribution in [1.29, 1.82) is 0 Å². The molecule has 1 aliphatic rings. The quantitative estimate of drug-likeness (QED) is 0.671. The highest BCUT2D eigenvalue weighted by molar-refractivity contribution is 5.92. The van der Waals surface area contributed by atoms with E-state index in [4.69, 9.17) is 10.5 Å². The summed E-state index contributed by atoms with van der Waals surface area (Å²) in [6.45, 7) is 7.62. The molecule has 0 radical (unpaired) electrons. The van der Waals surface area contributed by atoms with Crippen molar-refractivity contribution in [3.8, 4) is 0 Å². The number of anilines is 2. The van der Waals surface area contributed by atoms with Crippen LogP contribution >= 0.6 is 0 Å². The van der Waals surface area contributed by atoms with E-state index in [2.05, 4.69) is 16.8 Å². The Morgan fingerprint density at radius 2 is 1.90 bits per heavy atom. The maximum Gasteiger partial charge on any atom is 0.338 e. The second-order valence-electron chi connectivity index (χ2n) is 5.52. The smallest absolute Gasteiger partial charge is 0.338 e. The normalized spacial score (nSPS) is 16.5. The minimum atomic E-state index is -0.323. The fraction of sp³-hybridized carbons (Fsp3) is 0.533. The Kier molecular flexibility index (Phi) is 4.49. The van der Waals surface area contributed by atoms with Crippen molar-refractivity contribution in [2.24, 2.45) is 0 Å². The predicted octanol–water partition coefficient (Wildman–Crippen LogP) is 1.59. The Bertz CT molecular complexity index is 480. The van der Waals surface area contributed by atoms with Crippen LogP contribution in [-0.2, 0) is 4.74 Å². The topological polar surface area (TPSA) is 58.8 Å². The number of esters is 1. The molecule has 2 N–H and O–H groups in total. The van der Waals surface area contributed by atoms with Crippen LogP contribution in [0.15, 0.2) is 18.2 Å². The van der Waals surface area contributed by atoms with Gasteiger partial charge in [-0.15, -0.1) is 0 Å². The number of rotatable bonds is 3. The van der Waals surface area contributed by atoms with Gasteiger partial charge >= 0.3 is 5.97 Å². The lowest BCUT2D eigenvalue weighted by Gasteiger charge is -2.34. The SMILES string of the molecule is CC(C)OC(=O)c1ccc(N2CCN(C)CC2)c(N)c1. The van der Waals surface area contributed by atoms with Crippen molar-refractivity contribution < 1.29 is 9.53 Å². The third-order valence-corrected chi connectivity index (χ3v) is 3.45. The molecule has 20 heavy (non-hydrogen) atoms. The van der Waals surface area contributed by atoms with E-state index in [9.17, 15) is 4.79 Å². The number of benzene rings is 1. The van der Waals surface area contributed by atoms with Gasteiger partial charge in [0.05, 0.1) is 23.0 Å². The lowest BCUT2D eigenvalue weighted by Crippen LogP contribution is -2.44. The van der Waals surface area contributed by atoms with E-state index in [1.165, 1.54) is 0 Å². The van der Waals surface area contributed by atoms with Gasteiger partial charge in [-0.25, -0.2) is 4.79 Å². The van der Waals surface area contributed by atoms with Gasteiger partial charge in [0.2, 0.25) is 0 Å². The van der Waals surface area contributed by atoms with Crippen molar-refractivity contribution in [3.05, 3.63) is 23.8 Å². The van der Waals surface area contributed by atoms with Gasteiger partial charge in [0.15, 0.2) is 0 Å². The molecule has 0 aromatic heterocycles. The fourth-order valence-electron chi connectivity index (χ4n) is 2.30. The predicted molar refractivity (Wildman–Crippen MR) is 81.1 cm³/mol. The first-order chi connectivity index (χ1) is 9.47. The first kappa shape index (κ1) is 14.7. The number of carbonyl (C=O) groups is 1. The standard InChI is InChI=1S/C15H23N3O2/c1-11(2)20-15(19)12-4-5-14(13(16)10-12)18-8-6-17(3)7-9-18/h4-5,10-11H,6-9,16H2,1-3H3. The van der Waals surface area contributed by atoms with Crippen molar-refractivity contribution in [2.75, 3.05) is 43.9 Å². The highest BCUT2D eigenvalue weighted by atomic mass is 16.5. The van der Waals surface area contributed by atoms with E-state index in [1.54, 1.807) is 12.1 Å². The first-order valence-electron chi connectivity index (χ1n) is 7.01. The summed E-state index contributed by atoms with van der Waals surface area (Å²) in [5.74, 6) is -0.323. The summed E-state index contributed by atoms with van der Waals surface area (Å²) in [6, 6.07) is 5.41. The van der Waals surface area contributed by atoms with E-state index in [-0.39, 0.29) is 12.1 Å². The van der Waals surface area contributed by atoms with Crippen LogP contribution in [0, 0.1) is 0 Å². The van der Waals surface area contributed by atoms with E-state index in [0.717, 1.165) is 31.9 Å². The summed E-state index contributed by atoms with van der Waals surface area (Å²) in [6.07, 6.45) is -0.124. The molecular weight excluding hydrogens is 254 g/mol. The fourth-order valence-corrected chi connectivity index (χ4v) is 2.30. The Balaban J connectivity index is 2.11. The van der Waals surface area contributed by atoms with Gasteiger partial charge in [0.1, 0.15) is 0 Å². The zero-order valence-electron chi connectivity index (χ0n) is 12.4. The molecule has 1 saturated heterocycles. The average molecular weight is 277 g/mol. The second kappa shape index (κ2) is 6.13. The molecule has 0 unspecified atom stereocenters. The molecule has 110 valence electrons. The summed E-state index contributed by atoms with van der Waals surface area (Å²) < 4.78 is 5.18. The Morgan fingerprint density at radius 1 is 1.25 bits per heavy atom. The molecule has 1 fully saturated rings. The number of hydrogen-bond acceptors (Lipinski definition) is 5. The summed E-state index contributed by atoms with van der Waals surface area (Å²) in [5, 5.41) is 0. The van der Waals surface area contributed by atoms with Crippen LogP contribution < -0.4 is 10.6 Å². The number of nitrogen functional groups attached to an aromatic ring is 1. The Hall–Kier alpha value is -1.75. The van der Waals surface area contributed by atoms with E-state index < -0.39 is 0 Å². The number of likely N-dealkylation sites (N-methyl/N-ethyl adjacent to an activating group) is 1. The Morgan fingerprint density at radius 3 is 2.45 bits per heavy atom. The third kappa shape index (κ3) is 3.42. The lowest BCUT2D eigenvalue weighted by atomic mass is 10.1. The molecule has 0 bridgehead atoms. The van der Waals surface area contributed by atoms with Crippen molar-refractivity contribution in [2.45, 2.75) is 20.0 Å². The maximum atomic E-state index is 11.8. The van der Waals surface area contributed by atoms with Gasteiger partial charge in [0.25, 0.3) is 0 Å². The number of ether oxygens (including phenoxy) is 1. The molecule has 0 amide bonds. The van der Waals surface area contributed by atoms with Crippen LogP contribution in [0.25, 0.3) is 0 Å². The molecule has 0 atom stereocenters. The van der Waals surface area contributed by atoms with Crippen LogP contribution in [0.4, 0.5) is 11.4 Å². The Labute approximate surface area is 120 Å². The minimum absolute atomic E-state index is 0.124. The van der Waals surface area contributed by atoms with Crippen LogP contribution in [0.1, 0.15) is 24.2 Å². The van der Waals surface area contributed by atoms with Crippen LogP contribution in [0.3, 0.4) is 0 Å². The number of carbonyl (C=O) groups excluding carboxylic acids is 1. The van der Waals surface area contributed by atoms with Crippen molar-refractivity contribution in [3.63, 3.8) is 0 Å².